The van der Waals surface area contributed by atoms with E-state index >= 15 is 0 Å². The maximum Gasteiger partial charge on any atom is 0.333 e. The van der Waals surface area contributed by atoms with Crippen molar-refractivity contribution >= 4 is 5.97 Å². The molecule has 1 aliphatic rings. The summed E-state index contributed by atoms with van der Waals surface area (Å²) in [7, 11) is 0. The Balaban J connectivity index is 2.54. The summed E-state index contributed by atoms with van der Waals surface area (Å²) < 4.78 is 5.14. The number of carboxylic acids is 1. The van der Waals surface area contributed by atoms with Crippen molar-refractivity contribution in [2.45, 2.75) is 32.5 Å². The summed E-state index contributed by atoms with van der Waals surface area (Å²) in [5, 5.41) is 8.58. The SMILES string of the molecule is C[C@H]1C[C@H](C)[C@H](C(=O)O)O1. The zero-order valence-corrected chi connectivity index (χ0v) is 6.20. The molecule has 58 valence electrons. The van der Waals surface area contributed by atoms with E-state index in [0.29, 0.717) is 0 Å². The zero-order chi connectivity index (χ0) is 7.72. The molecule has 0 radical (unpaired) electrons. The summed E-state index contributed by atoms with van der Waals surface area (Å²) in [6.45, 7) is 3.81. The summed E-state index contributed by atoms with van der Waals surface area (Å²) in [6.07, 6.45) is 0.392. The molecule has 1 N–H and O–H groups in total. The molecule has 0 unspecified atom stereocenters. The monoisotopic (exact) mass is 144 g/mol. The van der Waals surface area contributed by atoms with E-state index in [2.05, 4.69) is 0 Å². The molecule has 0 spiro atoms. The van der Waals surface area contributed by atoms with Gasteiger partial charge in [0, 0.05) is 0 Å². The first-order chi connectivity index (χ1) is 4.61. The Morgan fingerprint density at radius 3 is 2.40 bits per heavy atom. The van der Waals surface area contributed by atoms with E-state index in [-0.39, 0.29) is 12.0 Å². The summed E-state index contributed by atoms with van der Waals surface area (Å²) in [5.41, 5.74) is 0. The van der Waals surface area contributed by atoms with Crippen molar-refractivity contribution in [3.63, 3.8) is 0 Å². The van der Waals surface area contributed by atoms with Crippen molar-refractivity contribution in [1.29, 1.82) is 0 Å². The molecule has 0 aromatic rings. The number of rotatable bonds is 1. The van der Waals surface area contributed by atoms with Crippen LogP contribution in [0.4, 0.5) is 0 Å². The second kappa shape index (κ2) is 2.58. The Hall–Kier alpha value is -0.570. The van der Waals surface area contributed by atoms with Crippen LogP contribution in [-0.4, -0.2) is 23.3 Å². The minimum Gasteiger partial charge on any atom is -0.479 e. The van der Waals surface area contributed by atoms with Crippen LogP contribution in [-0.2, 0) is 9.53 Å². The van der Waals surface area contributed by atoms with Gasteiger partial charge in [0.15, 0.2) is 6.10 Å². The van der Waals surface area contributed by atoms with E-state index in [1.807, 2.05) is 13.8 Å². The number of aliphatic carboxylic acids is 1. The largest absolute Gasteiger partial charge is 0.479 e. The molecule has 1 heterocycles. The fraction of sp³-hybridized carbons (Fsp3) is 0.857. The lowest BCUT2D eigenvalue weighted by molar-refractivity contribution is -0.150. The fourth-order valence-electron chi connectivity index (χ4n) is 1.39. The smallest absolute Gasteiger partial charge is 0.333 e. The third-order valence-electron chi connectivity index (χ3n) is 1.84. The molecule has 0 amide bonds. The normalized spacial score (nSPS) is 40.0. The van der Waals surface area contributed by atoms with E-state index in [9.17, 15) is 4.79 Å². The summed E-state index contributed by atoms with van der Waals surface area (Å²) in [6, 6.07) is 0. The van der Waals surface area contributed by atoms with Gasteiger partial charge in [-0.25, -0.2) is 4.79 Å². The molecule has 10 heavy (non-hydrogen) atoms. The lowest BCUT2D eigenvalue weighted by Crippen LogP contribution is -2.24. The second-order valence-corrected chi connectivity index (χ2v) is 2.92. The molecule has 0 saturated carbocycles. The van der Waals surface area contributed by atoms with Crippen LogP contribution < -0.4 is 0 Å². The number of carboxylic acid groups (broad SMARTS) is 1. The van der Waals surface area contributed by atoms with Crippen molar-refractivity contribution < 1.29 is 14.6 Å². The molecule has 1 aliphatic heterocycles. The zero-order valence-electron chi connectivity index (χ0n) is 6.20. The molecule has 1 fully saturated rings. The van der Waals surface area contributed by atoms with Crippen molar-refractivity contribution in [3.8, 4) is 0 Å². The fourth-order valence-corrected chi connectivity index (χ4v) is 1.39. The van der Waals surface area contributed by atoms with Crippen LogP contribution in [0.5, 0.6) is 0 Å². The van der Waals surface area contributed by atoms with Gasteiger partial charge in [0.05, 0.1) is 6.10 Å². The first-order valence-corrected chi connectivity index (χ1v) is 3.49. The van der Waals surface area contributed by atoms with Crippen molar-refractivity contribution in [2.24, 2.45) is 5.92 Å². The number of hydrogen-bond donors (Lipinski definition) is 1. The van der Waals surface area contributed by atoms with Gasteiger partial charge in [-0.15, -0.1) is 0 Å². The van der Waals surface area contributed by atoms with E-state index in [4.69, 9.17) is 9.84 Å². The topological polar surface area (TPSA) is 46.5 Å². The highest BCUT2D eigenvalue weighted by molar-refractivity contribution is 5.73. The minimum absolute atomic E-state index is 0.107. The molecular weight excluding hydrogens is 132 g/mol. The summed E-state index contributed by atoms with van der Waals surface area (Å²) in [5.74, 6) is -0.677. The number of ether oxygens (including phenoxy) is 1. The number of hydrogen-bond acceptors (Lipinski definition) is 2. The highest BCUT2D eigenvalue weighted by atomic mass is 16.5. The molecule has 1 rings (SSSR count). The highest BCUT2D eigenvalue weighted by Crippen LogP contribution is 2.25. The highest BCUT2D eigenvalue weighted by Gasteiger charge is 2.34. The molecular formula is C7H12O3. The van der Waals surface area contributed by atoms with E-state index in [0.717, 1.165) is 6.42 Å². The quantitative estimate of drug-likeness (QED) is 0.594. The molecule has 3 atom stereocenters. The van der Waals surface area contributed by atoms with Crippen LogP contribution in [0.3, 0.4) is 0 Å². The van der Waals surface area contributed by atoms with Gasteiger partial charge < -0.3 is 9.84 Å². The summed E-state index contributed by atoms with van der Waals surface area (Å²) >= 11 is 0. The number of carbonyl (C=O) groups is 1. The first kappa shape index (κ1) is 7.54. The minimum atomic E-state index is -0.836. The lowest BCUT2D eigenvalue weighted by Gasteiger charge is -2.07. The third-order valence-corrected chi connectivity index (χ3v) is 1.84. The van der Waals surface area contributed by atoms with Gasteiger partial charge in [0.2, 0.25) is 0 Å². The van der Waals surface area contributed by atoms with Crippen LogP contribution in [0.25, 0.3) is 0 Å². The summed E-state index contributed by atoms with van der Waals surface area (Å²) in [4.78, 5) is 10.4. The first-order valence-electron chi connectivity index (χ1n) is 3.49. The Morgan fingerprint density at radius 2 is 2.20 bits per heavy atom. The van der Waals surface area contributed by atoms with Crippen molar-refractivity contribution in [2.75, 3.05) is 0 Å². The third kappa shape index (κ3) is 1.29. The van der Waals surface area contributed by atoms with Gasteiger partial charge in [-0.05, 0) is 19.3 Å². The van der Waals surface area contributed by atoms with Crippen molar-refractivity contribution in [3.05, 3.63) is 0 Å². The van der Waals surface area contributed by atoms with Gasteiger partial charge >= 0.3 is 5.97 Å². The Morgan fingerprint density at radius 1 is 1.60 bits per heavy atom. The molecule has 1 saturated heterocycles. The van der Waals surface area contributed by atoms with Crippen LogP contribution in [0.2, 0.25) is 0 Å². The standard InChI is InChI=1S/C7H12O3/c1-4-3-5(2)10-6(4)7(8)9/h4-6H,3H2,1-2H3,(H,8,9)/t4-,5-,6+/m0/s1. The Kier molecular flexibility index (Phi) is 1.94. The van der Waals surface area contributed by atoms with E-state index in [1.54, 1.807) is 0 Å². The molecule has 3 heteroatoms. The maximum atomic E-state index is 10.4. The van der Waals surface area contributed by atoms with Gasteiger partial charge in [-0.2, -0.15) is 0 Å². The molecule has 0 aromatic carbocycles. The van der Waals surface area contributed by atoms with Crippen LogP contribution in [0.15, 0.2) is 0 Å². The van der Waals surface area contributed by atoms with Gasteiger partial charge in [0.1, 0.15) is 0 Å². The predicted octanol–water partition coefficient (Wildman–Crippen LogP) is 0.885. The second-order valence-electron chi connectivity index (χ2n) is 2.92. The molecule has 0 aliphatic carbocycles. The van der Waals surface area contributed by atoms with E-state index in [1.165, 1.54) is 0 Å². The van der Waals surface area contributed by atoms with E-state index < -0.39 is 12.1 Å². The van der Waals surface area contributed by atoms with Crippen LogP contribution in [0.1, 0.15) is 20.3 Å². The lowest BCUT2D eigenvalue weighted by atomic mass is 10.0. The average Bonchev–Trinajstić information content (AvgIpc) is 2.10. The molecule has 3 nitrogen and oxygen atoms in total. The van der Waals surface area contributed by atoms with Gasteiger partial charge in [-0.3, -0.25) is 0 Å². The predicted molar refractivity (Wildman–Crippen MR) is 35.8 cm³/mol. The van der Waals surface area contributed by atoms with Gasteiger partial charge in [0.25, 0.3) is 0 Å². The Labute approximate surface area is 60.0 Å². The van der Waals surface area contributed by atoms with Crippen LogP contribution >= 0.6 is 0 Å². The molecule has 0 aromatic heterocycles. The maximum absolute atomic E-state index is 10.4. The molecule has 0 bridgehead atoms. The van der Waals surface area contributed by atoms with Gasteiger partial charge in [-0.1, -0.05) is 6.92 Å². The van der Waals surface area contributed by atoms with Crippen molar-refractivity contribution in [1.82, 2.24) is 0 Å². The van der Waals surface area contributed by atoms with Crippen LogP contribution in [0, 0.1) is 5.92 Å². The average molecular weight is 144 g/mol. The Bertz CT molecular complexity index is 144.